The summed E-state index contributed by atoms with van der Waals surface area (Å²) >= 11 is 0. The molecule has 0 bridgehead atoms. The smallest absolute Gasteiger partial charge is 0.264 e. The maximum Gasteiger partial charge on any atom is 0.264 e. The first kappa shape index (κ1) is 26.2. The normalized spacial score (nSPS) is 11.2. The molecule has 1 amide bonds. The fourth-order valence-electron chi connectivity index (χ4n) is 4.25. The summed E-state index contributed by atoms with van der Waals surface area (Å²) in [5.41, 5.74) is 4.32. The van der Waals surface area contributed by atoms with Crippen molar-refractivity contribution in [2.75, 3.05) is 10.8 Å². The average Bonchev–Trinajstić information content (AvgIpc) is 2.92. The van der Waals surface area contributed by atoms with Crippen LogP contribution in [0, 0.1) is 6.92 Å². The van der Waals surface area contributed by atoms with Gasteiger partial charge in [-0.2, -0.15) is 0 Å². The van der Waals surface area contributed by atoms with Gasteiger partial charge in [-0.1, -0.05) is 103 Å². The first-order chi connectivity index (χ1) is 17.9. The zero-order valence-electron chi connectivity index (χ0n) is 21.2. The summed E-state index contributed by atoms with van der Waals surface area (Å²) in [7, 11) is -3.99. The van der Waals surface area contributed by atoms with Crippen LogP contribution < -0.4 is 4.31 Å². The van der Waals surface area contributed by atoms with Crippen molar-refractivity contribution < 1.29 is 13.2 Å². The molecule has 5 nitrogen and oxygen atoms in total. The zero-order chi connectivity index (χ0) is 26.3. The molecule has 0 fully saturated rings. The summed E-state index contributed by atoms with van der Waals surface area (Å²) in [6.45, 7) is 4.35. The number of benzene rings is 4. The first-order valence-electron chi connectivity index (χ1n) is 12.4. The number of carbonyl (C=O) groups is 1. The molecule has 0 spiro atoms. The van der Waals surface area contributed by atoms with Gasteiger partial charge in [-0.05, 0) is 48.2 Å². The Kier molecular flexibility index (Phi) is 8.41. The molecule has 0 radical (unpaired) electrons. The van der Waals surface area contributed by atoms with Gasteiger partial charge in [0.05, 0.1) is 10.6 Å². The molecule has 37 heavy (non-hydrogen) atoms. The van der Waals surface area contributed by atoms with Gasteiger partial charge < -0.3 is 4.90 Å². The number of hydrogen-bond donors (Lipinski definition) is 0. The largest absolute Gasteiger partial charge is 0.332 e. The molecule has 0 saturated heterocycles. The first-order valence-corrected chi connectivity index (χ1v) is 13.9. The van der Waals surface area contributed by atoms with Crippen LogP contribution in [0.5, 0.6) is 0 Å². The maximum absolute atomic E-state index is 13.9. The van der Waals surface area contributed by atoms with Crippen LogP contribution >= 0.6 is 0 Å². The second-order valence-corrected chi connectivity index (χ2v) is 10.9. The van der Waals surface area contributed by atoms with E-state index < -0.39 is 10.0 Å². The summed E-state index contributed by atoms with van der Waals surface area (Å²) in [5, 5.41) is 0. The van der Waals surface area contributed by atoms with Gasteiger partial charge in [-0.15, -0.1) is 0 Å². The molecular weight excluding hydrogens is 480 g/mol. The van der Waals surface area contributed by atoms with Crippen LogP contribution in [-0.2, 0) is 34.3 Å². The van der Waals surface area contributed by atoms with Crippen LogP contribution in [-0.4, -0.2) is 25.8 Å². The van der Waals surface area contributed by atoms with Gasteiger partial charge in [0, 0.05) is 13.1 Å². The summed E-state index contributed by atoms with van der Waals surface area (Å²) in [6, 6.07) is 33.6. The van der Waals surface area contributed by atoms with Crippen molar-refractivity contribution in [1.82, 2.24) is 4.90 Å². The number of carbonyl (C=O) groups excluding carboxylic acids is 1. The van der Waals surface area contributed by atoms with Gasteiger partial charge in [-0.25, -0.2) is 8.42 Å². The lowest BCUT2D eigenvalue weighted by molar-refractivity contribution is -0.130. The van der Waals surface area contributed by atoms with Crippen molar-refractivity contribution >= 4 is 21.6 Å². The van der Waals surface area contributed by atoms with E-state index in [1.54, 1.807) is 35.2 Å². The van der Waals surface area contributed by atoms with Crippen molar-refractivity contribution in [1.29, 1.82) is 0 Å². The molecule has 190 valence electrons. The molecule has 0 heterocycles. The van der Waals surface area contributed by atoms with E-state index in [4.69, 9.17) is 0 Å². The monoisotopic (exact) mass is 512 g/mol. The van der Waals surface area contributed by atoms with Crippen molar-refractivity contribution in [2.24, 2.45) is 0 Å². The molecular formula is C31H32N2O3S. The lowest BCUT2D eigenvalue weighted by Gasteiger charge is -2.30. The van der Waals surface area contributed by atoms with Gasteiger partial charge in [0.1, 0.15) is 6.54 Å². The van der Waals surface area contributed by atoms with Crippen molar-refractivity contribution in [3.8, 4) is 0 Å². The summed E-state index contributed by atoms with van der Waals surface area (Å²) < 4.78 is 29.2. The minimum Gasteiger partial charge on any atom is -0.332 e. The Balaban J connectivity index is 1.73. The van der Waals surface area contributed by atoms with E-state index in [1.807, 2.05) is 92.7 Å². The fourth-order valence-corrected chi connectivity index (χ4v) is 5.70. The highest BCUT2D eigenvalue weighted by Gasteiger charge is 2.30. The number of hydrogen-bond acceptors (Lipinski definition) is 3. The lowest BCUT2D eigenvalue weighted by Crippen LogP contribution is -2.43. The second-order valence-electron chi connectivity index (χ2n) is 9.03. The Hall–Kier alpha value is -3.90. The quantitative estimate of drug-likeness (QED) is 0.263. The Morgan fingerprint density at radius 1 is 0.703 bits per heavy atom. The number of anilines is 1. The van der Waals surface area contributed by atoms with Gasteiger partial charge >= 0.3 is 0 Å². The van der Waals surface area contributed by atoms with E-state index >= 15 is 0 Å². The van der Waals surface area contributed by atoms with Crippen LogP contribution in [0.25, 0.3) is 0 Å². The molecule has 0 aliphatic heterocycles. The molecule has 0 N–H and O–H groups in total. The number of para-hydroxylation sites is 1. The Morgan fingerprint density at radius 3 is 1.76 bits per heavy atom. The van der Waals surface area contributed by atoms with Gasteiger partial charge in [-0.3, -0.25) is 9.10 Å². The zero-order valence-corrected chi connectivity index (χ0v) is 22.1. The summed E-state index contributed by atoms with van der Waals surface area (Å²) in [6.07, 6.45) is 0.641. The van der Waals surface area contributed by atoms with Crippen molar-refractivity contribution in [3.05, 3.63) is 131 Å². The number of rotatable bonds is 10. The van der Waals surface area contributed by atoms with Crippen LogP contribution in [0.15, 0.2) is 114 Å². The topological polar surface area (TPSA) is 57.7 Å². The van der Waals surface area contributed by atoms with Crippen LogP contribution in [0.4, 0.5) is 5.69 Å². The average molecular weight is 513 g/mol. The molecule has 4 aromatic rings. The molecule has 0 aromatic heterocycles. The predicted molar refractivity (Wildman–Crippen MR) is 149 cm³/mol. The summed E-state index contributed by atoms with van der Waals surface area (Å²) in [5.74, 6) is -0.269. The van der Waals surface area contributed by atoms with Crippen molar-refractivity contribution in [2.45, 2.75) is 38.3 Å². The van der Waals surface area contributed by atoms with E-state index in [9.17, 15) is 13.2 Å². The second kappa shape index (κ2) is 11.9. The number of sulfonamides is 1. The van der Waals surface area contributed by atoms with E-state index in [-0.39, 0.29) is 17.3 Å². The summed E-state index contributed by atoms with van der Waals surface area (Å²) in [4.78, 5) is 15.8. The molecule has 6 heteroatoms. The molecule has 4 aromatic carbocycles. The predicted octanol–water partition coefficient (Wildman–Crippen LogP) is 5.98. The van der Waals surface area contributed by atoms with E-state index in [0.29, 0.717) is 25.2 Å². The standard InChI is InChI=1S/C31H32N2O3S/c1-3-28-16-10-11-17-30(28)33(37(35,36)29-20-18-25(2)19-21-29)24-31(34)32(22-26-12-6-4-7-13-26)23-27-14-8-5-9-15-27/h4-21H,3,22-24H2,1-2H3. The van der Waals surface area contributed by atoms with E-state index in [1.165, 1.54) is 4.31 Å². The fraction of sp³-hybridized carbons (Fsp3) is 0.194. The van der Waals surface area contributed by atoms with Gasteiger partial charge in [0.2, 0.25) is 5.91 Å². The lowest BCUT2D eigenvalue weighted by atomic mass is 10.1. The highest BCUT2D eigenvalue weighted by Crippen LogP contribution is 2.28. The molecule has 0 saturated carbocycles. The van der Waals surface area contributed by atoms with Crippen LogP contribution in [0.2, 0.25) is 0 Å². The van der Waals surface area contributed by atoms with Crippen LogP contribution in [0.1, 0.15) is 29.2 Å². The SMILES string of the molecule is CCc1ccccc1N(CC(=O)N(Cc1ccccc1)Cc1ccccc1)S(=O)(=O)c1ccc(C)cc1. The third kappa shape index (κ3) is 6.46. The Labute approximate surface area is 220 Å². The minimum absolute atomic E-state index is 0.162. The molecule has 0 atom stereocenters. The number of amides is 1. The molecule has 4 rings (SSSR count). The number of aryl methyl sites for hydroxylation is 2. The Bertz CT molecular complexity index is 1380. The third-order valence-electron chi connectivity index (χ3n) is 6.31. The minimum atomic E-state index is -3.99. The van der Waals surface area contributed by atoms with Gasteiger partial charge in [0.15, 0.2) is 0 Å². The number of nitrogens with zero attached hydrogens (tertiary/aromatic N) is 2. The van der Waals surface area contributed by atoms with E-state index in [0.717, 1.165) is 22.3 Å². The van der Waals surface area contributed by atoms with Gasteiger partial charge in [0.25, 0.3) is 10.0 Å². The highest BCUT2D eigenvalue weighted by molar-refractivity contribution is 7.92. The van der Waals surface area contributed by atoms with Crippen molar-refractivity contribution in [3.63, 3.8) is 0 Å². The van der Waals surface area contributed by atoms with Crippen LogP contribution in [0.3, 0.4) is 0 Å². The molecule has 0 unspecified atom stereocenters. The van der Waals surface area contributed by atoms with E-state index in [2.05, 4.69) is 0 Å². The maximum atomic E-state index is 13.9. The highest BCUT2D eigenvalue weighted by atomic mass is 32.2. The molecule has 0 aliphatic rings. The molecule has 0 aliphatic carbocycles. The Morgan fingerprint density at radius 2 is 1.22 bits per heavy atom. The third-order valence-corrected chi connectivity index (χ3v) is 8.09.